The molecular formula is C17H17N3O3. The van der Waals surface area contributed by atoms with Gasteiger partial charge in [0.1, 0.15) is 11.3 Å². The third-order valence-electron chi connectivity index (χ3n) is 3.46. The van der Waals surface area contributed by atoms with Gasteiger partial charge in [0, 0.05) is 24.4 Å². The van der Waals surface area contributed by atoms with Crippen LogP contribution in [0.15, 0.2) is 41.1 Å². The third-order valence-corrected chi connectivity index (χ3v) is 3.46. The molecule has 0 saturated carbocycles. The van der Waals surface area contributed by atoms with Crippen LogP contribution in [0, 0.1) is 0 Å². The minimum atomic E-state index is -0.0507. The molecule has 2 N–H and O–H groups in total. The van der Waals surface area contributed by atoms with Crippen LogP contribution in [0.4, 0.5) is 5.69 Å². The van der Waals surface area contributed by atoms with Crippen molar-refractivity contribution in [3.8, 4) is 17.2 Å². The normalized spacial score (nSPS) is 10.8. The van der Waals surface area contributed by atoms with Crippen molar-refractivity contribution in [2.45, 2.75) is 26.2 Å². The molecule has 2 aromatic heterocycles. The number of fused-ring (bicyclic) bond motifs is 1. The fraction of sp³-hybridized carbons (Fsp3) is 0.235. The van der Waals surface area contributed by atoms with E-state index in [-0.39, 0.29) is 17.5 Å². The van der Waals surface area contributed by atoms with Gasteiger partial charge in [-0.1, -0.05) is 13.3 Å². The lowest BCUT2D eigenvalue weighted by molar-refractivity contribution is -0.116. The van der Waals surface area contributed by atoms with E-state index < -0.39 is 0 Å². The lowest BCUT2D eigenvalue weighted by Gasteiger charge is -2.07. The Labute approximate surface area is 133 Å². The molecule has 1 amide bonds. The molecule has 3 rings (SSSR count). The number of aromatic hydroxyl groups is 1. The molecule has 0 unspecified atom stereocenters. The quantitative estimate of drug-likeness (QED) is 0.701. The fourth-order valence-electron chi connectivity index (χ4n) is 2.24. The number of benzene rings is 1. The molecule has 0 spiro atoms. The van der Waals surface area contributed by atoms with Crippen LogP contribution in [0.2, 0.25) is 0 Å². The predicted octanol–water partition coefficient (Wildman–Crippen LogP) is 3.72. The van der Waals surface area contributed by atoms with Crippen LogP contribution < -0.4 is 5.32 Å². The van der Waals surface area contributed by atoms with Gasteiger partial charge in [0.05, 0.1) is 11.8 Å². The van der Waals surface area contributed by atoms with Gasteiger partial charge in [-0.05, 0) is 24.6 Å². The molecule has 0 aliphatic heterocycles. The molecule has 0 aliphatic carbocycles. The van der Waals surface area contributed by atoms with Crippen molar-refractivity contribution >= 4 is 22.7 Å². The standard InChI is InChI=1S/C17H17N3O3/c1-2-3-4-16(22)19-11-5-6-14(21)12(9-11)17-20-13-10-18-8-7-15(13)23-17/h5-10,21H,2-4H2,1H3,(H,19,22). The second-order valence-corrected chi connectivity index (χ2v) is 5.25. The maximum absolute atomic E-state index is 11.8. The van der Waals surface area contributed by atoms with Crippen LogP contribution in [0.25, 0.3) is 22.6 Å². The molecule has 0 aliphatic rings. The van der Waals surface area contributed by atoms with Crippen molar-refractivity contribution in [3.63, 3.8) is 0 Å². The summed E-state index contributed by atoms with van der Waals surface area (Å²) >= 11 is 0. The molecule has 6 nitrogen and oxygen atoms in total. The topological polar surface area (TPSA) is 88.2 Å². The Morgan fingerprint density at radius 1 is 1.35 bits per heavy atom. The molecule has 0 atom stereocenters. The number of nitrogens with zero attached hydrogens (tertiary/aromatic N) is 2. The number of pyridine rings is 1. The van der Waals surface area contributed by atoms with Gasteiger partial charge in [-0.15, -0.1) is 0 Å². The van der Waals surface area contributed by atoms with E-state index in [1.807, 2.05) is 6.92 Å². The monoisotopic (exact) mass is 311 g/mol. The van der Waals surface area contributed by atoms with Crippen molar-refractivity contribution in [1.29, 1.82) is 0 Å². The number of nitrogens with one attached hydrogen (secondary N) is 1. The summed E-state index contributed by atoms with van der Waals surface area (Å²) in [6.45, 7) is 2.04. The number of hydrogen-bond acceptors (Lipinski definition) is 5. The van der Waals surface area contributed by atoms with Gasteiger partial charge >= 0.3 is 0 Å². The maximum atomic E-state index is 11.8. The van der Waals surface area contributed by atoms with Gasteiger partial charge in [0.15, 0.2) is 5.58 Å². The van der Waals surface area contributed by atoms with Crippen molar-refractivity contribution < 1.29 is 14.3 Å². The number of anilines is 1. The number of rotatable bonds is 5. The zero-order valence-electron chi connectivity index (χ0n) is 12.7. The summed E-state index contributed by atoms with van der Waals surface area (Å²) in [7, 11) is 0. The minimum Gasteiger partial charge on any atom is -0.507 e. The highest BCUT2D eigenvalue weighted by atomic mass is 16.3. The van der Waals surface area contributed by atoms with E-state index in [0.717, 1.165) is 12.8 Å². The Kier molecular flexibility index (Phi) is 4.23. The average molecular weight is 311 g/mol. The number of unbranched alkanes of at least 4 members (excludes halogenated alkanes) is 1. The van der Waals surface area contributed by atoms with Gasteiger partial charge in [-0.25, -0.2) is 4.98 Å². The Balaban J connectivity index is 1.89. The summed E-state index contributed by atoms with van der Waals surface area (Å²) in [4.78, 5) is 20.1. The summed E-state index contributed by atoms with van der Waals surface area (Å²) in [6.07, 6.45) is 5.48. The van der Waals surface area contributed by atoms with Crippen LogP contribution in [-0.2, 0) is 4.79 Å². The second-order valence-electron chi connectivity index (χ2n) is 5.25. The number of phenols is 1. The van der Waals surface area contributed by atoms with E-state index in [1.54, 1.807) is 30.6 Å². The number of amides is 1. The Bertz CT molecular complexity index is 809. The lowest BCUT2D eigenvalue weighted by Crippen LogP contribution is -2.10. The SMILES string of the molecule is CCCCC(=O)Nc1ccc(O)c(-c2nc3cnccc3o2)c1. The summed E-state index contributed by atoms with van der Waals surface area (Å²) < 4.78 is 5.64. The van der Waals surface area contributed by atoms with Gasteiger partial charge < -0.3 is 14.8 Å². The summed E-state index contributed by atoms with van der Waals surface area (Å²) in [5.74, 6) is 0.275. The molecular weight excluding hydrogens is 294 g/mol. The van der Waals surface area contributed by atoms with Crippen molar-refractivity contribution in [3.05, 3.63) is 36.7 Å². The number of carbonyl (C=O) groups is 1. The molecule has 6 heteroatoms. The molecule has 0 bridgehead atoms. The first-order valence-electron chi connectivity index (χ1n) is 7.51. The Hall–Kier alpha value is -2.89. The van der Waals surface area contributed by atoms with E-state index in [0.29, 0.717) is 28.8 Å². The van der Waals surface area contributed by atoms with Crippen LogP contribution in [0.5, 0.6) is 5.75 Å². The molecule has 2 heterocycles. The number of hydrogen-bond donors (Lipinski definition) is 2. The first kappa shape index (κ1) is 15.0. The highest BCUT2D eigenvalue weighted by molar-refractivity contribution is 5.91. The van der Waals surface area contributed by atoms with Gasteiger partial charge in [0.25, 0.3) is 0 Å². The van der Waals surface area contributed by atoms with Crippen LogP contribution in [-0.4, -0.2) is 21.0 Å². The summed E-state index contributed by atoms with van der Waals surface area (Å²) in [5, 5.41) is 12.9. The number of aromatic nitrogens is 2. The van der Waals surface area contributed by atoms with Gasteiger partial charge in [0.2, 0.25) is 11.8 Å². The summed E-state index contributed by atoms with van der Waals surface area (Å²) in [5.41, 5.74) is 2.22. The van der Waals surface area contributed by atoms with Crippen molar-refractivity contribution in [2.75, 3.05) is 5.32 Å². The third kappa shape index (κ3) is 3.31. The highest BCUT2D eigenvalue weighted by Gasteiger charge is 2.14. The average Bonchev–Trinajstić information content (AvgIpc) is 2.98. The minimum absolute atomic E-state index is 0.0380. The first-order chi connectivity index (χ1) is 11.2. The van der Waals surface area contributed by atoms with E-state index >= 15 is 0 Å². The van der Waals surface area contributed by atoms with E-state index in [9.17, 15) is 9.90 Å². The predicted molar refractivity (Wildman–Crippen MR) is 87.1 cm³/mol. The Morgan fingerprint density at radius 2 is 2.22 bits per heavy atom. The molecule has 0 saturated heterocycles. The Morgan fingerprint density at radius 3 is 3.00 bits per heavy atom. The molecule has 1 aromatic carbocycles. The molecule has 23 heavy (non-hydrogen) atoms. The van der Waals surface area contributed by atoms with Crippen molar-refractivity contribution in [1.82, 2.24) is 9.97 Å². The first-order valence-corrected chi connectivity index (χ1v) is 7.51. The van der Waals surface area contributed by atoms with E-state index in [2.05, 4.69) is 15.3 Å². The molecule has 0 radical (unpaired) electrons. The van der Waals surface area contributed by atoms with E-state index in [1.165, 1.54) is 6.07 Å². The zero-order valence-corrected chi connectivity index (χ0v) is 12.7. The molecule has 0 fully saturated rings. The maximum Gasteiger partial charge on any atom is 0.231 e. The smallest absolute Gasteiger partial charge is 0.231 e. The van der Waals surface area contributed by atoms with E-state index in [4.69, 9.17) is 4.42 Å². The number of carbonyl (C=O) groups excluding carboxylic acids is 1. The number of phenolic OH excluding ortho intramolecular Hbond substituents is 1. The van der Waals surface area contributed by atoms with Gasteiger partial charge in [-0.2, -0.15) is 0 Å². The summed E-state index contributed by atoms with van der Waals surface area (Å²) in [6, 6.07) is 6.52. The van der Waals surface area contributed by atoms with Crippen LogP contribution >= 0.6 is 0 Å². The second kappa shape index (κ2) is 6.48. The number of oxazole rings is 1. The molecule has 3 aromatic rings. The lowest BCUT2D eigenvalue weighted by atomic mass is 10.1. The molecule has 118 valence electrons. The largest absolute Gasteiger partial charge is 0.507 e. The van der Waals surface area contributed by atoms with Gasteiger partial charge in [-0.3, -0.25) is 9.78 Å². The van der Waals surface area contributed by atoms with Crippen LogP contribution in [0.3, 0.4) is 0 Å². The zero-order chi connectivity index (χ0) is 16.2. The fourth-order valence-corrected chi connectivity index (χ4v) is 2.24. The highest BCUT2D eigenvalue weighted by Crippen LogP contribution is 2.33. The van der Waals surface area contributed by atoms with Crippen LogP contribution in [0.1, 0.15) is 26.2 Å². The van der Waals surface area contributed by atoms with Crippen molar-refractivity contribution in [2.24, 2.45) is 0 Å².